The number of rotatable bonds is 8. The molecule has 1 saturated heterocycles. The number of phenols is 1. The van der Waals surface area contributed by atoms with Gasteiger partial charge in [0.25, 0.3) is 0 Å². The van der Waals surface area contributed by atoms with Crippen molar-refractivity contribution in [2.45, 2.75) is 58.8 Å². The summed E-state index contributed by atoms with van der Waals surface area (Å²) >= 11 is 0. The summed E-state index contributed by atoms with van der Waals surface area (Å²) in [6.07, 6.45) is 9.67. The Morgan fingerprint density at radius 2 is 1.84 bits per heavy atom. The SMILES string of the molecule is CCC(C=C1OC(=O)C2=C(c3cccc(O)c3)C3CCC12C1C2=C(CCC31)C(=CCC(C)CO)OC2=O)Cc1ccccc1. The van der Waals surface area contributed by atoms with E-state index in [1.165, 1.54) is 5.56 Å². The standard InChI is InChI=1S/C38H40O6/c1-3-23(18-24-8-5-4-6-9-24)19-31-38-17-16-27(32(35(38)37(42)44-31)25-10-7-11-26(40)20-25)28-13-14-29-30(15-12-22(2)21-39)43-36(41)33(29)34(28)38/h4-11,15,19-20,22-23,27-28,34,39-40H,3,12-14,16-18,21H2,1-2H3. The highest BCUT2D eigenvalue weighted by atomic mass is 16.5. The molecule has 4 aliphatic carbocycles. The number of aliphatic hydroxyl groups excluding tert-OH is 1. The van der Waals surface area contributed by atoms with Crippen molar-refractivity contribution < 1.29 is 29.3 Å². The van der Waals surface area contributed by atoms with E-state index >= 15 is 0 Å². The Morgan fingerprint density at radius 3 is 2.59 bits per heavy atom. The maximum atomic E-state index is 14.1. The Balaban J connectivity index is 1.41. The summed E-state index contributed by atoms with van der Waals surface area (Å²) in [7, 11) is 0. The zero-order valence-electron chi connectivity index (χ0n) is 25.4. The maximum absolute atomic E-state index is 14.1. The molecule has 6 aliphatic rings. The second-order valence-corrected chi connectivity index (χ2v) is 13.3. The molecule has 6 unspecified atom stereocenters. The summed E-state index contributed by atoms with van der Waals surface area (Å²) in [5.41, 5.74) is 4.62. The van der Waals surface area contributed by atoms with Crippen molar-refractivity contribution in [1.82, 2.24) is 0 Å². The fourth-order valence-corrected chi connectivity index (χ4v) is 8.75. The predicted molar refractivity (Wildman–Crippen MR) is 167 cm³/mol. The third-order valence-electron chi connectivity index (χ3n) is 10.8. The fraction of sp³-hybridized carbons (Fsp3) is 0.421. The highest BCUT2D eigenvalue weighted by molar-refractivity contribution is 6.06. The van der Waals surface area contributed by atoms with E-state index in [4.69, 9.17) is 9.47 Å². The van der Waals surface area contributed by atoms with Gasteiger partial charge < -0.3 is 19.7 Å². The number of hydrogen-bond acceptors (Lipinski definition) is 6. The number of ether oxygens (including phenoxy) is 2. The van der Waals surface area contributed by atoms with Crippen molar-refractivity contribution in [2.75, 3.05) is 6.61 Å². The summed E-state index contributed by atoms with van der Waals surface area (Å²) < 4.78 is 12.3. The van der Waals surface area contributed by atoms with Crippen molar-refractivity contribution in [3.05, 3.63) is 106 Å². The number of allylic oxidation sites excluding steroid dienone is 5. The quantitative estimate of drug-likeness (QED) is 0.319. The number of hydrogen-bond donors (Lipinski definition) is 2. The number of fused-ring (bicyclic) bond motifs is 1. The topological polar surface area (TPSA) is 93.1 Å². The molecule has 1 saturated carbocycles. The first-order valence-electron chi connectivity index (χ1n) is 16.1. The van der Waals surface area contributed by atoms with E-state index < -0.39 is 5.41 Å². The minimum absolute atomic E-state index is 0.0665. The summed E-state index contributed by atoms with van der Waals surface area (Å²) in [5.74, 6) is 1.02. The third-order valence-corrected chi connectivity index (χ3v) is 10.8. The minimum atomic E-state index is -0.769. The maximum Gasteiger partial charge on any atom is 0.340 e. The number of carbonyl (C=O) groups is 2. The molecule has 44 heavy (non-hydrogen) atoms. The van der Waals surface area contributed by atoms with Crippen LogP contribution in [0.25, 0.3) is 5.57 Å². The monoisotopic (exact) mass is 592 g/mol. The van der Waals surface area contributed by atoms with Gasteiger partial charge in [-0.15, -0.1) is 0 Å². The molecule has 2 aromatic carbocycles. The Bertz CT molecular complexity index is 1630. The Labute approximate surface area is 258 Å². The van der Waals surface area contributed by atoms with Crippen LogP contribution >= 0.6 is 0 Å². The first-order valence-corrected chi connectivity index (χ1v) is 16.1. The number of carbonyl (C=O) groups excluding carboxylic acids is 2. The molecule has 2 aliphatic heterocycles. The van der Waals surface area contributed by atoms with Crippen LogP contribution in [0.3, 0.4) is 0 Å². The van der Waals surface area contributed by atoms with E-state index in [9.17, 15) is 19.8 Å². The van der Waals surface area contributed by atoms with Crippen LogP contribution in [0.15, 0.2) is 95.0 Å². The Morgan fingerprint density at radius 1 is 1.02 bits per heavy atom. The molecule has 2 heterocycles. The number of benzene rings is 2. The van der Waals surface area contributed by atoms with Gasteiger partial charge in [0.1, 0.15) is 17.3 Å². The van der Waals surface area contributed by atoms with Crippen molar-refractivity contribution in [3.63, 3.8) is 0 Å². The molecule has 0 aromatic heterocycles. The van der Waals surface area contributed by atoms with Gasteiger partial charge in [-0.3, -0.25) is 0 Å². The van der Waals surface area contributed by atoms with Crippen LogP contribution < -0.4 is 0 Å². The van der Waals surface area contributed by atoms with E-state index in [2.05, 4.69) is 25.1 Å². The van der Waals surface area contributed by atoms with Crippen LogP contribution in [0.1, 0.15) is 63.5 Å². The zero-order valence-corrected chi connectivity index (χ0v) is 25.4. The van der Waals surface area contributed by atoms with Crippen molar-refractivity contribution in [1.29, 1.82) is 0 Å². The number of cyclic esters (lactones) is 2. The van der Waals surface area contributed by atoms with Gasteiger partial charge in [0.15, 0.2) is 0 Å². The number of phenolic OH excluding ortho intramolecular Hbond substituents is 1. The van der Waals surface area contributed by atoms with E-state index in [1.54, 1.807) is 12.1 Å². The third kappa shape index (κ3) is 4.49. The molecular weight excluding hydrogens is 552 g/mol. The summed E-state index contributed by atoms with van der Waals surface area (Å²) in [5, 5.41) is 20.0. The molecule has 8 rings (SSSR count). The molecule has 6 atom stereocenters. The average Bonchev–Trinajstić information content (AvgIpc) is 3.52. The second kappa shape index (κ2) is 11.2. The van der Waals surface area contributed by atoms with Crippen LogP contribution in [-0.2, 0) is 25.5 Å². The minimum Gasteiger partial charge on any atom is -0.508 e. The Kier molecular flexibility index (Phi) is 7.36. The molecule has 6 nitrogen and oxygen atoms in total. The van der Waals surface area contributed by atoms with Gasteiger partial charge >= 0.3 is 11.9 Å². The fourth-order valence-electron chi connectivity index (χ4n) is 8.75. The molecule has 228 valence electrons. The van der Waals surface area contributed by atoms with Gasteiger partial charge in [-0.05, 0) is 110 Å². The van der Waals surface area contributed by atoms with Gasteiger partial charge in [-0.1, -0.05) is 56.3 Å². The Hall–Kier alpha value is -3.90. The number of aromatic hydroxyl groups is 1. The van der Waals surface area contributed by atoms with Crippen LogP contribution in [-0.4, -0.2) is 28.8 Å². The van der Waals surface area contributed by atoms with Crippen molar-refractivity contribution >= 4 is 17.5 Å². The number of esters is 2. The lowest BCUT2D eigenvalue weighted by Gasteiger charge is -2.56. The van der Waals surface area contributed by atoms with E-state index in [-0.39, 0.29) is 53.9 Å². The van der Waals surface area contributed by atoms with Crippen LogP contribution in [0.4, 0.5) is 0 Å². The molecule has 1 spiro atoms. The predicted octanol–water partition coefficient (Wildman–Crippen LogP) is 7.05. The summed E-state index contributed by atoms with van der Waals surface area (Å²) in [6.45, 7) is 4.20. The molecule has 2 bridgehead atoms. The molecule has 0 amide bonds. The molecule has 2 aromatic rings. The van der Waals surface area contributed by atoms with E-state index in [1.807, 2.05) is 43.3 Å². The molecule has 0 radical (unpaired) electrons. The van der Waals surface area contributed by atoms with Crippen molar-refractivity contribution in [2.24, 2.45) is 35.0 Å². The smallest absolute Gasteiger partial charge is 0.340 e. The van der Waals surface area contributed by atoms with E-state index in [0.717, 1.165) is 55.2 Å². The molecule has 2 fully saturated rings. The van der Waals surface area contributed by atoms with Crippen LogP contribution in [0.2, 0.25) is 0 Å². The van der Waals surface area contributed by atoms with E-state index in [0.29, 0.717) is 29.1 Å². The average molecular weight is 593 g/mol. The van der Waals surface area contributed by atoms with Crippen LogP contribution in [0, 0.1) is 35.0 Å². The summed E-state index contributed by atoms with van der Waals surface area (Å²) in [4.78, 5) is 27.9. The highest BCUT2D eigenvalue weighted by Gasteiger charge is 2.68. The highest BCUT2D eigenvalue weighted by Crippen LogP contribution is 2.71. The van der Waals surface area contributed by atoms with Gasteiger partial charge in [0, 0.05) is 23.7 Å². The van der Waals surface area contributed by atoms with Crippen LogP contribution in [0.5, 0.6) is 5.75 Å². The first-order chi connectivity index (χ1) is 21.3. The van der Waals surface area contributed by atoms with Crippen molar-refractivity contribution in [3.8, 4) is 5.75 Å². The van der Waals surface area contributed by atoms with Gasteiger partial charge in [-0.2, -0.15) is 0 Å². The largest absolute Gasteiger partial charge is 0.508 e. The lowest BCUT2D eigenvalue weighted by atomic mass is 9.44. The van der Waals surface area contributed by atoms with Gasteiger partial charge in [0.05, 0.1) is 11.0 Å². The second-order valence-electron chi connectivity index (χ2n) is 13.3. The number of aliphatic hydroxyl groups is 1. The lowest BCUT2D eigenvalue weighted by molar-refractivity contribution is -0.135. The molecular formula is C38H40O6. The lowest BCUT2D eigenvalue weighted by Crippen LogP contribution is -2.52. The normalized spacial score (nSPS) is 30.3. The molecule has 6 heteroatoms. The van der Waals surface area contributed by atoms with Gasteiger partial charge in [0.2, 0.25) is 0 Å². The first kappa shape index (κ1) is 28.8. The zero-order chi connectivity index (χ0) is 30.6. The molecule has 2 N–H and O–H groups in total. The summed E-state index contributed by atoms with van der Waals surface area (Å²) in [6, 6.07) is 17.6. The van der Waals surface area contributed by atoms with Gasteiger partial charge in [-0.25, -0.2) is 9.59 Å².